The van der Waals surface area contributed by atoms with Gasteiger partial charge in [-0.2, -0.15) is 0 Å². The Bertz CT molecular complexity index is 838. The Morgan fingerprint density at radius 3 is 2.38 bits per heavy atom. The standard InChI is InChI=1S/C19H18N4O/c20-19(24)17(11-15-7-3-1-4-8-15)12-18-14-23(22-21-18)13-16-9-5-2-6-10-16/h1-11,14H,12-13H2,(H2,20,24). The van der Waals surface area contributed by atoms with Crippen molar-refractivity contribution in [2.45, 2.75) is 13.0 Å². The molecule has 120 valence electrons. The quantitative estimate of drug-likeness (QED) is 0.709. The lowest BCUT2D eigenvalue weighted by Crippen LogP contribution is -2.15. The molecule has 0 spiro atoms. The van der Waals surface area contributed by atoms with Crippen molar-refractivity contribution in [2.75, 3.05) is 0 Å². The molecule has 3 rings (SSSR count). The molecule has 1 amide bonds. The summed E-state index contributed by atoms with van der Waals surface area (Å²) in [6.07, 6.45) is 3.99. The topological polar surface area (TPSA) is 73.8 Å². The molecule has 0 bridgehead atoms. The number of rotatable bonds is 6. The molecule has 0 radical (unpaired) electrons. The minimum atomic E-state index is -0.448. The fourth-order valence-electron chi connectivity index (χ4n) is 2.42. The van der Waals surface area contributed by atoms with Crippen LogP contribution in [0.3, 0.4) is 0 Å². The molecule has 1 heterocycles. The monoisotopic (exact) mass is 318 g/mol. The molecule has 24 heavy (non-hydrogen) atoms. The van der Waals surface area contributed by atoms with E-state index in [0.717, 1.165) is 11.1 Å². The van der Waals surface area contributed by atoms with Crippen molar-refractivity contribution in [1.29, 1.82) is 0 Å². The van der Waals surface area contributed by atoms with Crippen molar-refractivity contribution in [1.82, 2.24) is 15.0 Å². The summed E-state index contributed by atoms with van der Waals surface area (Å²) in [6, 6.07) is 19.6. The van der Waals surface area contributed by atoms with Crippen LogP contribution < -0.4 is 5.73 Å². The normalized spacial score (nSPS) is 11.4. The van der Waals surface area contributed by atoms with Gasteiger partial charge in [-0.25, -0.2) is 4.68 Å². The highest BCUT2D eigenvalue weighted by Gasteiger charge is 2.10. The van der Waals surface area contributed by atoms with Gasteiger partial charge in [-0.15, -0.1) is 5.10 Å². The summed E-state index contributed by atoms with van der Waals surface area (Å²) < 4.78 is 1.76. The van der Waals surface area contributed by atoms with Crippen LogP contribution in [0.1, 0.15) is 16.8 Å². The highest BCUT2D eigenvalue weighted by Crippen LogP contribution is 2.11. The van der Waals surface area contributed by atoms with Gasteiger partial charge in [0, 0.05) is 18.2 Å². The zero-order valence-electron chi connectivity index (χ0n) is 13.2. The van der Waals surface area contributed by atoms with E-state index in [-0.39, 0.29) is 0 Å². The minimum absolute atomic E-state index is 0.360. The van der Waals surface area contributed by atoms with E-state index < -0.39 is 5.91 Å². The zero-order valence-corrected chi connectivity index (χ0v) is 13.2. The molecule has 2 N–H and O–H groups in total. The van der Waals surface area contributed by atoms with Gasteiger partial charge in [0.2, 0.25) is 5.91 Å². The number of amides is 1. The maximum absolute atomic E-state index is 11.7. The number of nitrogens with zero attached hydrogens (tertiary/aromatic N) is 3. The number of aromatic nitrogens is 3. The molecule has 0 unspecified atom stereocenters. The lowest BCUT2D eigenvalue weighted by Gasteiger charge is -2.01. The molecule has 0 aliphatic carbocycles. The number of primary amides is 1. The first-order valence-electron chi connectivity index (χ1n) is 7.69. The number of benzene rings is 2. The first-order chi connectivity index (χ1) is 11.7. The molecule has 5 nitrogen and oxygen atoms in total. The first-order valence-corrected chi connectivity index (χ1v) is 7.69. The molecule has 0 aliphatic rings. The van der Waals surface area contributed by atoms with E-state index in [2.05, 4.69) is 10.3 Å². The first kappa shape index (κ1) is 15.7. The van der Waals surface area contributed by atoms with Crippen molar-refractivity contribution in [3.05, 3.63) is 89.3 Å². The van der Waals surface area contributed by atoms with Crippen molar-refractivity contribution >= 4 is 12.0 Å². The molecule has 0 saturated carbocycles. The zero-order chi connectivity index (χ0) is 16.8. The molecule has 3 aromatic rings. The van der Waals surface area contributed by atoms with Crippen LogP contribution in [0.15, 0.2) is 72.4 Å². The van der Waals surface area contributed by atoms with Crippen molar-refractivity contribution < 1.29 is 4.79 Å². The molecule has 0 aliphatic heterocycles. The summed E-state index contributed by atoms with van der Waals surface area (Å²) in [7, 11) is 0. The largest absolute Gasteiger partial charge is 0.366 e. The lowest BCUT2D eigenvalue weighted by atomic mass is 10.1. The summed E-state index contributed by atoms with van der Waals surface area (Å²) >= 11 is 0. The van der Waals surface area contributed by atoms with Gasteiger partial charge in [0.15, 0.2) is 0 Å². The fraction of sp³-hybridized carbons (Fsp3) is 0.105. The number of hydrogen-bond donors (Lipinski definition) is 1. The Hall–Kier alpha value is -3.21. The van der Waals surface area contributed by atoms with Gasteiger partial charge in [0.05, 0.1) is 12.2 Å². The molecule has 2 aromatic carbocycles. The Balaban J connectivity index is 1.74. The average molecular weight is 318 g/mol. The Kier molecular flexibility index (Phi) is 4.81. The summed E-state index contributed by atoms with van der Waals surface area (Å²) in [6.45, 7) is 0.641. The smallest absolute Gasteiger partial charge is 0.245 e. The predicted molar refractivity (Wildman–Crippen MR) is 92.9 cm³/mol. The van der Waals surface area contributed by atoms with Gasteiger partial charge in [-0.1, -0.05) is 65.9 Å². The number of nitrogens with two attached hydrogens (primary N) is 1. The predicted octanol–water partition coefficient (Wildman–Crippen LogP) is 2.44. The molecule has 0 fully saturated rings. The summed E-state index contributed by atoms with van der Waals surface area (Å²) in [5, 5.41) is 8.26. The second-order valence-corrected chi connectivity index (χ2v) is 5.51. The van der Waals surface area contributed by atoms with Crippen LogP contribution in [0.5, 0.6) is 0 Å². The van der Waals surface area contributed by atoms with Crippen molar-refractivity contribution in [3.8, 4) is 0 Å². The molecular formula is C19H18N4O. The Labute approximate surface area is 140 Å². The SMILES string of the molecule is NC(=O)C(=Cc1ccccc1)Cc1cn(Cc2ccccc2)nn1. The van der Waals surface area contributed by atoms with Crippen LogP contribution >= 0.6 is 0 Å². The minimum Gasteiger partial charge on any atom is -0.366 e. The van der Waals surface area contributed by atoms with E-state index in [1.807, 2.05) is 66.9 Å². The van der Waals surface area contributed by atoms with E-state index in [1.54, 1.807) is 10.8 Å². The van der Waals surface area contributed by atoms with E-state index in [4.69, 9.17) is 5.73 Å². The van der Waals surface area contributed by atoms with Gasteiger partial charge < -0.3 is 5.73 Å². The summed E-state index contributed by atoms with van der Waals surface area (Å²) in [5.74, 6) is -0.448. The van der Waals surface area contributed by atoms with Crippen LogP contribution in [0.2, 0.25) is 0 Å². The number of carbonyl (C=O) groups excluding carboxylic acids is 1. The second kappa shape index (κ2) is 7.37. The van der Waals surface area contributed by atoms with Crippen LogP contribution in [0.4, 0.5) is 0 Å². The lowest BCUT2D eigenvalue weighted by molar-refractivity contribution is -0.114. The number of hydrogen-bond acceptors (Lipinski definition) is 3. The van der Waals surface area contributed by atoms with E-state index >= 15 is 0 Å². The third-order valence-corrected chi connectivity index (χ3v) is 3.60. The van der Waals surface area contributed by atoms with E-state index in [1.165, 1.54) is 0 Å². The van der Waals surface area contributed by atoms with Gasteiger partial charge in [-0.3, -0.25) is 4.79 Å². The van der Waals surface area contributed by atoms with Crippen molar-refractivity contribution in [3.63, 3.8) is 0 Å². The Morgan fingerprint density at radius 2 is 1.71 bits per heavy atom. The second-order valence-electron chi connectivity index (χ2n) is 5.51. The van der Waals surface area contributed by atoms with Gasteiger partial charge in [-0.05, 0) is 17.2 Å². The summed E-state index contributed by atoms with van der Waals surface area (Å²) in [5.41, 5.74) is 8.80. The Morgan fingerprint density at radius 1 is 1.04 bits per heavy atom. The molecule has 0 saturated heterocycles. The van der Waals surface area contributed by atoms with Gasteiger partial charge in [0.1, 0.15) is 0 Å². The van der Waals surface area contributed by atoms with E-state index in [9.17, 15) is 4.79 Å². The van der Waals surface area contributed by atoms with Crippen LogP contribution in [0, 0.1) is 0 Å². The maximum atomic E-state index is 11.7. The van der Waals surface area contributed by atoms with Crippen LogP contribution in [-0.4, -0.2) is 20.9 Å². The highest BCUT2D eigenvalue weighted by molar-refractivity contribution is 5.96. The molecular weight excluding hydrogens is 300 g/mol. The van der Waals surface area contributed by atoms with Crippen LogP contribution in [0.25, 0.3) is 6.08 Å². The van der Waals surface area contributed by atoms with Gasteiger partial charge in [0.25, 0.3) is 0 Å². The van der Waals surface area contributed by atoms with Gasteiger partial charge >= 0.3 is 0 Å². The summed E-state index contributed by atoms with van der Waals surface area (Å²) in [4.78, 5) is 11.7. The number of carbonyl (C=O) groups is 1. The third kappa shape index (κ3) is 4.16. The third-order valence-electron chi connectivity index (χ3n) is 3.60. The van der Waals surface area contributed by atoms with Crippen LogP contribution in [-0.2, 0) is 17.8 Å². The average Bonchev–Trinajstić information content (AvgIpc) is 3.03. The highest BCUT2D eigenvalue weighted by atomic mass is 16.1. The molecule has 1 aromatic heterocycles. The fourth-order valence-corrected chi connectivity index (χ4v) is 2.42. The molecule has 0 atom stereocenters. The maximum Gasteiger partial charge on any atom is 0.245 e. The van der Waals surface area contributed by atoms with Crippen molar-refractivity contribution in [2.24, 2.45) is 5.73 Å². The molecule has 5 heteroatoms. The van der Waals surface area contributed by atoms with E-state index in [0.29, 0.717) is 24.2 Å².